The SMILES string of the molecule is O=S1(=O)CCC(CN2CCC(Oc3cccc4c3ccn4C3CCCC3)CC2)C1. The fraction of sp³-hybridized carbons (Fsp3) is 0.652. The molecule has 29 heavy (non-hydrogen) atoms. The van der Waals surface area contributed by atoms with Crippen molar-refractivity contribution in [3.63, 3.8) is 0 Å². The third-order valence-electron chi connectivity index (χ3n) is 7.11. The Labute approximate surface area is 173 Å². The summed E-state index contributed by atoms with van der Waals surface area (Å²) in [6.07, 6.45) is 10.6. The van der Waals surface area contributed by atoms with E-state index >= 15 is 0 Å². The highest BCUT2D eigenvalue weighted by Gasteiger charge is 2.31. The molecule has 5 rings (SSSR count). The average Bonchev–Trinajstić information content (AvgIpc) is 3.43. The van der Waals surface area contributed by atoms with Gasteiger partial charge in [-0.1, -0.05) is 18.9 Å². The maximum Gasteiger partial charge on any atom is 0.150 e. The number of piperidine rings is 1. The Morgan fingerprint density at radius 1 is 1.00 bits per heavy atom. The van der Waals surface area contributed by atoms with Gasteiger partial charge in [-0.05, 0) is 56.2 Å². The highest BCUT2D eigenvalue weighted by atomic mass is 32.2. The number of hydrogen-bond donors (Lipinski definition) is 0. The van der Waals surface area contributed by atoms with Crippen LogP contribution in [0.3, 0.4) is 0 Å². The van der Waals surface area contributed by atoms with Gasteiger partial charge in [-0.2, -0.15) is 0 Å². The lowest BCUT2D eigenvalue weighted by Crippen LogP contribution is -2.40. The Bertz CT molecular complexity index is 954. The molecule has 2 aliphatic heterocycles. The lowest BCUT2D eigenvalue weighted by Gasteiger charge is -2.33. The largest absolute Gasteiger partial charge is 0.490 e. The summed E-state index contributed by atoms with van der Waals surface area (Å²) in [6.45, 7) is 2.92. The lowest BCUT2D eigenvalue weighted by molar-refractivity contribution is 0.0943. The van der Waals surface area contributed by atoms with Crippen molar-refractivity contribution in [2.24, 2.45) is 5.92 Å². The monoisotopic (exact) mass is 416 g/mol. The average molecular weight is 417 g/mol. The van der Waals surface area contributed by atoms with Crippen LogP contribution in [0.2, 0.25) is 0 Å². The molecule has 0 bridgehead atoms. The van der Waals surface area contributed by atoms with Crippen LogP contribution in [-0.4, -0.2) is 55.1 Å². The molecule has 1 aliphatic carbocycles. The molecule has 2 aromatic rings. The number of nitrogens with zero attached hydrogens (tertiary/aromatic N) is 2. The third kappa shape index (κ3) is 4.19. The van der Waals surface area contributed by atoms with Crippen molar-refractivity contribution in [3.05, 3.63) is 30.5 Å². The topological polar surface area (TPSA) is 51.5 Å². The van der Waals surface area contributed by atoms with E-state index in [1.807, 2.05) is 0 Å². The Balaban J connectivity index is 1.20. The van der Waals surface area contributed by atoms with Crippen molar-refractivity contribution < 1.29 is 13.2 Å². The number of aromatic nitrogens is 1. The van der Waals surface area contributed by atoms with Crippen LogP contribution >= 0.6 is 0 Å². The zero-order chi connectivity index (χ0) is 19.8. The second kappa shape index (κ2) is 7.95. The van der Waals surface area contributed by atoms with Crippen LogP contribution in [0.4, 0.5) is 0 Å². The summed E-state index contributed by atoms with van der Waals surface area (Å²) in [7, 11) is -2.78. The molecular weight excluding hydrogens is 384 g/mol. The smallest absolute Gasteiger partial charge is 0.150 e. The predicted octanol–water partition coefficient (Wildman–Crippen LogP) is 4.03. The van der Waals surface area contributed by atoms with Crippen molar-refractivity contribution >= 4 is 20.7 Å². The van der Waals surface area contributed by atoms with Crippen LogP contribution in [0, 0.1) is 5.92 Å². The van der Waals surface area contributed by atoms with Crippen molar-refractivity contribution in [2.45, 2.75) is 57.1 Å². The first-order valence-electron chi connectivity index (χ1n) is 11.3. The summed E-state index contributed by atoms with van der Waals surface area (Å²) in [5.41, 5.74) is 1.30. The van der Waals surface area contributed by atoms with Crippen LogP contribution in [0.15, 0.2) is 30.5 Å². The minimum Gasteiger partial charge on any atom is -0.490 e. The number of ether oxygens (including phenoxy) is 1. The molecule has 5 nitrogen and oxygen atoms in total. The molecule has 1 unspecified atom stereocenters. The second-order valence-corrected chi connectivity index (χ2v) is 11.5. The zero-order valence-electron chi connectivity index (χ0n) is 17.1. The molecule has 1 atom stereocenters. The van der Waals surface area contributed by atoms with Gasteiger partial charge in [-0.25, -0.2) is 8.42 Å². The van der Waals surface area contributed by atoms with Crippen LogP contribution in [0.5, 0.6) is 5.75 Å². The van der Waals surface area contributed by atoms with E-state index in [1.54, 1.807) is 0 Å². The normalized spacial score (nSPS) is 26.4. The number of sulfone groups is 1. The first-order chi connectivity index (χ1) is 14.1. The van der Waals surface area contributed by atoms with Crippen LogP contribution in [0.1, 0.15) is 51.0 Å². The number of benzene rings is 1. The summed E-state index contributed by atoms with van der Waals surface area (Å²) in [5, 5.41) is 1.23. The highest BCUT2D eigenvalue weighted by molar-refractivity contribution is 7.91. The van der Waals surface area contributed by atoms with Gasteiger partial charge >= 0.3 is 0 Å². The number of fused-ring (bicyclic) bond motifs is 1. The highest BCUT2D eigenvalue weighted by Crippen LogP contribution is 2.36. The quantitative estimate of drug-likeness (QED) is 0.738. The molecule has 1 aromatic carbocycles. The molecule has 2 saturated heterocycles. The Hall–Kier alpha value is -1.53. The van der Waals surface area contributed by atoms with Gasteiger partial charge in [0.2, 0.25) is 0 Å². The first kappa shape index (κ1) is 19.4. The van der Waals surface area contributed by atoms with Gasteiger partial charge in [0.25, 0.3) is 0 Å². The van der Waals surface area contributed by atoms with E-state index in [1.165, 1.54) is 36.6 Å². The maximum atomic E-state index is 11.7. The van der Waals surface area contributed by atoms with Gasteiger partial charge in [0.1, 0.15) is 11.9 Å². The summed E-state index contributed by atoms with van der Waals surface area (Å²) in [5.74, 6) is 2.09. The first-order valence-corrected chi connectivity index (χ1v) is 13.1. The maximum absolute atomic E-state index is 11.7. The fourth-order valence-electron chi connectivity index (χ4n) is 5.53. The van der Waals surface area contributed by atoms with Crippen molar-refractivity contribution in [1.82, 2.24) is 9.47 Å². The van der Waals surface area contributed by atoms with Crippen LogP contribution < -0.4 is 4.74 Å². The summed E-state index contributed by atoms with van der Waals surface area (Å²) >= 11 is 0. The van der Waals surface area contributed by atoms with Crippen molar-refractivity contribution in [2.75, 3.05) is 31.1 Å². The number of rotatable bonds is 5. The van der Waals surface area contributed by atoms with Crippen LogP contribution in [-0.2, 0) is 9.84 Å². The van der Waals surface area contributed by atoms with Crippen molar-refractivity contribution in [1.29, 1.82) is 0 Å². The van der Waals surface area contributed by atoms with Gasteiger partial charge in [-0.3, -0.25) is 0 Å². The minimum absolute atomic E-state index is 0.249. The fourth-order valence-corrected chi connectivity index (χ4v) is 7.38. The second-order valence-electron chi connectivity index (χ2n) is 9.24. The molecule has 0 radical (unpaired) electrons. The van der Waals surface area contributed by atoms with E-state index in [0.29, 0.717) is 23.5 Å². The third-order valence-corrected chi connectivity index (χ3v) is 8.95. The van der Waals surface area contributed by atoms with E-state index < -0.39 is 9.84 Å². The van der Waals surface area contributed by atoms with Gasteiger partial charge in [0.15, 0.2) is 9.84 Å². The molecule has 6 heteroatoms. The van der Waals surface area contributed by atoms with Crippen molar-refractivity contribution in [3.8, 4) is 5.75 Å². The van der Waals surface area contributed by atoms with E-state index in [-0.39, 0.29) is 6.10 Å². The molecule has 0 spiro atoms. The minimum atomic E-state index is -2.78. The Morgan fingerprint density at radius 2 is 1.79 bits per heavy atom. The van der Waals surface area contributed by atoms with Gasteiger partial charge in [0, 0.05) is 37.3 Å². The molecule has 3 fully saturated rings. The zero-order valence-corrected chi connectivity index (χ0v) is 17.9. The Kier molecular flexibility index (Phi) is 5.33. The molecule has 3 aliphatic rings. The molecule has 158 valence electrons. The number of hydrogen-bond acceptors (Lipinski definition) is 4. The van der Waals surface area contributed by atoms with Gasteiger partial charge in [-0.15, -0.1) is 0 Å². The Morgan fingerprint density at radius 3 is 2.52 bits per heavy atom. The summed E-state index contributed by atoms with van der Waals surface area (Å²) in [4.78, 5) is 2.43. The molecule has 1 aromatic heterocycles. The van der Waals surface area contributed by atoms with E-state index in [0.717, 1.165) is 44.6 Å². The standard InChI is InChI=1S/C23H32N2O3S/c26-29(27)15-11-18(17-29)16-24-12-8-20(9-13-24)28-23-7-3-6-22-21(23)10-14-25(22)19-4-1-2-5-19/h3,6-7,10,14,18-20H,1-2,4-5,8-9,11-13,15-17H2. The molecule has 1 saturated carbocycles. The van der Waals surface area contributed by atoms with E-state index in [4.69, 9.17) is 4.74 Å². The molecule has 0 amide bonds. The lowest BCUT2D eigenvalue weighted by atomic mass is 10.0. The predicted molar refractivity (Wildman–Crippen MR) is 116 cm³/mol. The van der Waals surface area contributed by atoms with Gasteiger partial charge in [0.05, 0.1) is 17.0 Å². The van der Waals surface area contributed by atoms with Crippen LogP contribution in [0.25, 0.3) is 10.9 Å². The summed E-state index contributed by atoms with van der Waals surface area (Å²) < 4.78 is 32.3. The van der Waals surface area contributed by atoms with Gasteiger partial charge < -0.3 is 14.2 Å². The number of likely N-dealkylation sites (tertiary alicyclic amines) is 1. The van der Waals surface area contributed by atoms with E-state index in [9.17, 15) is 8.42 Å². The summed E-state index contributed by atoms with van der Waals surface area (Å²) in [6, 6.07) is 9.32. The molecular formula is C23H32N2O3S. The van der Waals surface area contributed by atoms with E-state index in [2.05, 4.69) is 39.9 Å². The molecule has 0 N–H and O–H groups in total. The molecule has 3 heterocycles.